The molecule has 1 saturated heterocycles. The molecule has 1 fully saturated rings. The van der Waals surface area contributed by atoms with E-state index < -0.39 is 29.5 Å². The Morgan fingerprint density at radius 2 is 1.91 bits per heavy atom. The number of aliphatic hydroxyl groups excluding tert-OH is 1. The first-order valence-corrected chi connectivity index (χ1v) is 7.47. The van der Waals surface area contributed by atoms with Crippen molar-refractivity contribution in [3.8, 4) is 0 Å². The number of hydrogen-bond donors (Lipinski definition) is 1. The number of carbonyl (C=O) groups is 2. The van der Waals surface area contributed by atoms with E-state index in [1.807, 2.05) is 37.3 Å². The Labute approximate surface area is 130 Å². The summed E-state index contributed by atoms with van der Waals surface area (Å²) in [6.45, 7) is 7.34. The van der Waals surface area contributed by atoms with Crippen molar-refractivity contribution in [2.24, 2.45) is 5.92 Å². The van der Waals surface area contributed by atoms with E-state index in [0.29, 0.717) is 0 Å². The van der Waals surface area contributed by atoms with Crippen molar-refractivity contribution in [3.05, 3.63) is 35.9 Å². The largest absolute Gasteiger partial charge is 0.460 e. The van der Waals surface area contributed by atoms with E-state index >= 15 is 0 Å². The monoisotopic (exact) mass is 305 g/mol. The second kappa shape index (κ2) is 6.08. The normalized spacial score (nSPS) is 23.5. The van der Waals surface area contributed by atoms with Crippen LogP contribution in [0, 0.1) is 5.92 Å². The molecular formula is C17H23NO4. The third-order valence-corrected chi connectivity index (χ3v) is 3.77. The first-order valence-electron chi connectivity index (χ1n) is 7.47. The van der Waals surface area contributed by atoms with Crippen molar-refractivity contribution in [1.29, 1.82) is 0 Å². The summed E-state index contributed by atoms with van der Waals surface area (Å²) in [6.07, 6.45) is -1.33. The Hall–Kier alpha value is -1.88. The zero-order valence-corrected chi connectivity index (χ0v) is 13.4. The van der Waals surface area contributed by atoms with E-state index in [2.05, 4.69) is 0 Å². The first kappa shape index (κ1) is 16.5. The molecule has 5 heteroatoms. The van der Waals surface area contributed by atoms with Crippen LogP contribution in [0.4, 0.5) is 0 Å². The molecule has 1 aliphatic rings. The van der Waals surface area contributed by atoms with E-state index in [9.17, 15) is 14.7 Å². The van der Waals surface area contributed by atoms with Gasteiger partial charge in [0, 0.05) is 6.54 Å². The van der Waals surface area contributed by atoms with Crippen LogP contribution in [0.25, 0.3) is 0 Å². The molecule has 22 heavy (non-hydrogen) atoms. The lowest BCUT2D eigenvalue weighted by atomic mass is 10.1. The van der Waals surface area contributed by atoms with Crippen LogP contribution in [0.2, 0.25) is 0 Å². The van der Waals surface area contributed by atoms with Gasteiger partial charge in [-0.05, 0) is 33.3 Å². The van der Waals surface area contributed by atoms with Crippen molar-refractivity contribution < 1.29 is 19.4 Å². The highest BCUT2D eigenvalue weighted by Crippen LogP contribution is 2.30. The molecule has 1 amide bonds. The van der Waals surface area contributed by atoms with E-state index in [0.717, 1.165) is 5.56 Å². The van der Waals surface area contributed by atoms with E-state index in [-0.39, 0.29) is 12.6 Å². The summed E-state index contributed by atoms with van der Waals surface area (Å²) in [4.78, 5) is 26.0. The zero-order valence-electron chi connectivity index (χ0n) is 13.4. The Balaban J connectivity index is 2.13. The fourth-order valence-corrected chi connectivity index (χ4v) is 2.59. The van der Waals surface area contributed by atoms with Gasteiger partial charge >= 0.3 is 5.97 Å². The lowest BCUT2D eigenvalue weighted by Gasteiger charge is -2.25. The molecule has 3 atom stereocenters. The SMILES string of the molecule is C[C@H](c1ccccc1)N1C[C@H](C(=O)OC(C)(C)C)C(O)C1=O. The Kier molecular flexibility index (Phi) is 4.56. The molecule has 120 valence electrons. The molecule has 1 heterocycles. The van der Waals surface area contributed by atoms with Crippen LogP contribution in [0.3, 0.4) is 0 Å². The minimum atomic E-state index is -1.33. The van der Waals surface area contributed by atoms with Gasteiger partial charge in [-0.1, -0.05) is 30.3 Å². The van der Waals surface area contributed by atoms with Gasteiger partial charge in [-0.3, -0.25) is 9.59 Å². The third kappa shape index (κ3) is 3.47. The Morgan fingerprint density at radius 1 is 1.32 bits per heavy atom. The Bertz CT molecular complexity index is 550. The van der Waals surface area contributed by atoms with Crippen LogP contribution >= 0.6 is 0 Å². The highest BCUT2D eigenvalue weighted by molar-refractivity contribution is 5.91. The maximum Gasteiger partial charge on any atom is 0.314 e. The number of benzene rings is 1. The van der Waals surface area contributed by atoms with Crippen LogP contribution in [0.5, 0.6) is 0 Å². The molecule has 1 aromatic rings. The van der Waals surface area contributed by atoms with Gasteiger partial charge in [-0.15, -0.1) is 0 Å². The number of nitrogens with zero attached hydrogens (tertiary/aromatic N) is 1. The van der Waals surface area contributed by atoms with Gasteiger partial charge < -0.3 is 14.7 Å². The molecule has 0 aliphatic carbocycles. The van der Waals surface area contributed by atoms with Crippen molar-refractivity contribution in [2.45, 2.75) is 45.4 Å². The van der Waals surface area contributed by atoms with Crippen molar-refractivity contribution in [2.75, 3.05) is 6.54 Å². The number of ether oxygens (including phenoxy) is 1. The maximum atomic E-state index is 12.3. The number of rotatable bonds is 3. The number of esters is 1. The molecule has 0 spiro atoms. The molecule has 0 bridgehead atoms. The number of carbonyl (C=O) groups excluding carboxylic acids is 2. The molecule has 0 saturated carbocycles. The Morgan fingerprint density at radius 3 is 2.45 bits per heavy atom. The van der Waals surface area contributed by atoms with Gasteiger partial charge in [0.2, 0.25) is 0 Å². The van der Waals surface area contributed by atoms with E-state index in [1.165, 1.54) is 4.90 Å². The molecule has 0 aromatic heterocycles. The summed E-state index contributed by atoms with van der Waals surface area (Å²) in [6, 6.07) is 9.34. The smallest absolute Gasteiger partial charge is 0.314 e. The van der Waals surface area contributed by atoms with Crippen molar-refractivity contribution in [3.63, 3.8) is 0 Å². The molecule has 0 radical (unpaired) electrons. The summed E-state index contributed by atoms with van der Waals surface area (Å²) >= 11 is 0. The van der Waals surface area contributed by atoms with Crippen LogP contribution < -0.4 is 0 Å². The average molecular weight is 305 g/mol. The average Bonchev–Trinajstić information content (AvgIpc) is 2.74. The summed E-state index contributed by atoms with van der Waals surface area (Å²) < 4.78 is 5.30. The number of aliphatic hydroxyl groups is 1. The van der Waals surface area contributed by atoms with Gasteiger partial charge in [0.15, 0.2) is 0 Å². The highest BCUT2D eigenvalue weighted by Gasteiger charge is 2.46. The molecule has 1 aliphatic heterocycles. The summed E-state index contributed by atoms with van der Waals surface area (Å²) in [7, 11) is 0. The zero-order chi connectivity index (χ0) is 16.5. The first-order chi connectivity index (χ1) is 10.2. The fourth-order valence-electron chi connectivity index (χ4n) is 2.59. The third-order valence-electron chi connectivity index (χ3n) is 3.77. The molecule has 2 rings (SSSR count). The standard InChI is InChI=1S/C17H23NO4/c1-11(12-8-6-5-7-9-12)18-10-13(14(19)15(18)20)16(21)22-17(2,3)4/h5-9,11,13-14,19H,10H2,1-4H3/t11-,13+,14?/m1/s1. The predicted molar refractivity (Wildman–Crippen MR) is 81.9 cm³/mol. The highest BCUT2D eigenvalue weighted by atomic mass is 16.6. The van der Waals surface area contributed by atoms with E-state index in [4.69, 9.17) is 4.74 Å². The van der Waals surface area contributed by atoms with Crippen LogP contribution in [0.15, 0.2) is 30.3 Å². The summed E-state index contributed by atoms with van der Waals surface area (Å²) in [5.41, 5.74) is 0.325. The van der Waals surface area contributed by atoms with Gasteiger partial charge in [0.1, 0.15) is 17.6 Å². The van der Waals surface area contributed by atoms with E-state index in [1.54, 1.807) is 20.8 Å². The number of hydrogen-bond acceptors (Lipinski definition) is 4. The van der Waals surface area contributed by atoms with Gasteiger partial charge in [-0.2, -0.15) is 0 Å². The number of likely N-dealkylation sites (tertiary alicyclic amines) is 1. The molecule has 1 aromatic carbocycles. The van der Waals surface area contributed by atoms with Crippen molar-refractivity contribution >= 4 is 11.9 Å². The van der Waals surface area contributed by atoms with Gasteiger partial charge in [0.05, 0.1) is 6.04 Å². The minimum absolute atomic E-state index is 0.172. The van der Waals surface area contributed by atoms with Crippen LogP contribution in [0.1, 0.15) is 39.3 Å². The predicted octanol–water partition coefficient (Wildman–Crippen LogP) is 1.91. The second-order valence-electron chi connectivity index (χ2n) is 6.66. The molecule has 1 unspecified atom stereocenters. The van der Waals surface area contributed by atoms with Gasteiger partial charge in [-0.25, -0.2) is 0 Å². The topological polar surface area (TPSA) is 66.8 Å². The maximum absolute atomic E-state index is 12.3. The minimum Gasteiger partial charge on any atom is -0.460 e. The fraction of sp³-hybridized carbons (Fsp3) is 0.529. The molecule has 5 nitrogen and oxygen atoms in total. The molecule has 1 N–H and O–H groups in total. The molecular weight excluding hydrogens is 282 g/mol. The number of amides is 1. The summed E-state index contributed by atoms with van der Waals surface area (Å²) in [5.74, 6) is -1.79. The summed E-state index contributed by atoms with van der Waals surface area (Å²) in [5, 5.41) is 10.1. The lowest BCUT2D eigenvalue weighted by Crippen LogP contribution is -2.35. The van der Waals surface area contributed by atoms with Crippen molar-refractivity contribution in [1.82, 2.24) is 4.90 Å². The van der Waals surface area contributed by atoms with Crippen LogP contribution in [-0.4, -0.2) is 40.1 Å². The van der Waals surface area contributed by atoms with Gasteiger partial charge in [0.25, 0.3) is 5.91 Å². The quantitative estimate of drug-likeness (QED) is 0.866. The van der Waals surface area contributed by atoms with Crippen LogP contribution in [-0.2, 0) is 14.3 Å². The second-order valence-corrected chi connectivity index (χ2v) is 6.66. The lowest BCUT2D eigenvalue weighted by molar-refractivity contribution is -0.163.